The number of carbonyl (C=O) groups excluding carboxylic acids is 2. The van der Waals surface area contributed by atoms with Gasteiger partial charge in [0.1, 0.15) is 11.6 Å². The molecule has 10 heteroatoms. The summed E-state index contributed by atoms with van der Waals surface area (Å²) in [7, 11) is 0. The number of nitrogens with one attached hydrogen (secondary N) is 4. The van der Waals surface area contributed by atoms with E-state index in [9.17, 15) is 4.79 Å². The minimum absolute atomic E-state index is 0.0795. The maximum atomic E-state index is 17.6. The fourth-order valence-electron chi connectivity index (χ4n) is 17.0. The standard InChI is InChI=1S/C62H74N8O2/c1-41-9-5-6-12-49(41)40-65-24-26-67-58-20-18-51-53(69-58)14-8-16-55(51)70(54-15-7-13-52-50(54)17-19-57(68-52)66-25-23-64-22-21-42-10-3-2-4-11-42)59(72)62(39-56(63)71,60-33-43-27-44(34-60)29-45(28-43)35-60)61-36-46-30-47(37-61)32-48(31-46)38-61/h2-20,43-48,64-65H,21-40H2,1H3,(H2,63,71)(H,66,68)(H,67,69). The molecule has 8 aliphatic carbocycles. The number of pyridine rings is 2. The van der Waals surface area contributed by atoms with Crippen molar-refractivity contribution in [2.75, 3.05) is 48.3 Å². The van der Waals surface area contributed by atoms with Crippen LogP contribution in [-0.2, 0) is 22.6 Å². The Balaban J connectivity index is 0.930. The number of nitrogens with zero attached hydrogens (tertiary/aromatic N) is 3. The smallest absolute Gasteiger partial charge is 0.239 e. The van der Waals surface area contributed by atoms with Crippen molar-refractivity contribution >= 4 is 56.6 Å². The van der Waals surface area contributed by atoms with E-state index in [-0.39, 0.29) is 29.1 Å². The van der Waals surface area contributed by atoms with Crippen LogP contribution in [-0.4, -0.2) is 54.5 Å². The lowest BCUT2D eigenvalue weighted by Crippen LogP contribution is -2.70. The lowest BCUT2D eigenvalue weighted by molar-refractivity contribution is -0.226. The zero-order chi connectivity index (χ0) is 48.9. The molecule has 10 nitrogen and oxygen atoms in total. The second-order valence-corrected chi connectivity index (χ2v) is 23.6. The van der Waals surface area contributed by atoms with Gasteiger partial charge in [-0.2, -0.15) is 0 Å². The van der Waals surface area contributed by atoms with Gasteiger partial charge in [-0.25, -0.2) is 9.97 Å². The van der Waals surface area contributed by atoms with Gasteiger partial charge in [-0.15, -0.1) is 0 Å². The fraction of sp³-hybridized carbons (Fsp3) is 0.484. The molecule has 0 atom stereocenters. The van der Waals surface area contributed by atoms with Crippen molar-refractivity contribution in [2.24, 2.45) is 57.5 Å². The molecule has 8 saturated carbocycles. The summed E-state index contributed by atoms with van der Waals surface area (Å²) in [5, 5.41) is 16.1. The molecule has 0 saturated heterocycles. The number of fused-ring (bicyclic) bond motifs is 2. The quantitative estimate of drug-likeness (QED) is 0.0477. The largest absolute Gasteiger partial charge is 0.370 e. The Morgan fingerprint density at radius 1 is 0.569 bits per heavy atom. The Hall–Kier alpha value is -5.84. The topological polar surface area (TPSA) is 137 Å². The van der Waals surface area contributed by atoms with Crippen molar-refractivity contribution in [3.05, 3.63) is 132 Å². The van der Waals surface area contributed by atoms with Gasteiger partial charge < -0.3 is 27.0 Å². The molecule has 6 N–H and O–H groups in total. The van der Waals surface area contributed by atoms with Crippen LogP contribution in [0.2, 0.25) is 0 Å². The molecule has 0 radical (unpaired) electrons. The average molecular weight is 963 g/mol. The second-order valence-electron chi connectivity index (χ2n) is 23.6. The number of hydrogen-bond donors (Lipinski definition) is 5. The molecular formula is C62H74N8O2. The third-order valence-corrected chi connectivity index (χ3v) is 19.0. The summed E-state index contributed by atoms with van der Waals surface area (Å²) in [4.78, 5) is 44.5. The number of aromatic nitrogens is 2. The number of anilines is 4. The molecular weight excluding hydrogens is 889 g/mol. The van der Waals surface area contributed by atoms with Gasteiger partial charge in [0, 0.05) is 49.9 Å². The molecule has 8 fully saturated rings. The van der Waals surface area contributed by atoms with Gasteiger partial charge in [0.15, 0.2) is 0 Å². The average Bonchev–Trinajstić information content (AvgIpc) is 3.36. The molecule has 0 aliphatic heterocycles. The summed E-state index contributed by atoms with van der Waals surface area (Å²) < 4.78 is 0. The highest BCUT2D eigenvalue weighted by Crippen LogP contribution is 2.77. The van der Waals surface area contributed by atoms with Crippen LogP contribution >= 0.6 is 0 Å². The van der Waals surface area contributed by atoms with Crippen LogP contribution in [0.25, 0.3) is 21.8 Å². The first-order chi connectivity index (χ1) is 35.2. The van der Waals surface area contributed by atoms with Crippen molar-refractivity contribution < 1.29 is 9.59 Å². The number of rotatable bonds is 20. The van der Waals surface area contributed by atoms with Crippen LogP contribution in [0.4, 0.5) is 23.0 Å². The lowest BCUT2D eigenvalue weighted by Gasteiger charge is -2.72. The molecule has 14 rings (SSSR count). The van der Waals surface area contributed by atoms with Crippen LogP contribution < -0.4 is 31.9 Å². The van der Waals surface area contributed by atoms with Crippen LogP contribution in [0.15, 0.2) is 115 Å². The SMILES string of the molecule is Cc1ccccc1CNCCNc1ccc2c(N(C(=O)C(CC(N)=O)(C34CC5CC(CC(C5)C3)C4)C34CC5CC(CC(C5)C3)C4)c3cccc4nc(NCCNCCc5ccccc5)ccc34)cccc2n1. The Labute approximate surface area is 426 Å². The highest BCUT2D eigenvalue weighted by atomic mass is 16.2. The molecule has 4 aromatic carbocycles. The zero-order valence-corrected chi connectivity index (χ0v) is 42.3. The second kappa shape index (κ2) is 19.5. The van der Waals surface area contributed by atoms with Crippen LogP contribution in [0.3, 0.4) is 0 Å². The summed E-state index contributed by atoms with van der Waals surface area (Å²) in [6, 6.07) is 40.0. The molecule has 8 bridgehead atoms. The lowest BCUT2D eigenvalue weighted by atomic mass is 9.32. The molecule has 2 amide bonds. The number of carbonyl (C=O) groups is 2. The van der Waals surface area contributed by atoms with E-state index in [1.165, 1.54) is 55.2 Å². The molecule has 2 heterocycles. The van der Waals surface area contributed by atoms with E-state index in [4.69, 9.17) is 15.7 Å². The molecule has 0 spiro atoms. The Kier molecular flexibility index (Phi) is 12.8. The van der Waals surface area contributed by atoms with Crippen molar-refractivity contribution in [1.29, 1.82) is 0 Å². The van der Waals surface area contributed by atoms with E-state index in [0.29, 0.717) is 42.1 Å². The van der Waals surface area contributed by atoms with Crippen molar-refractivity contribution in [3.8, 4) is 0 Å². The number of benzene rings is 4. The zero-order valence-electron chi connectivity index (χ0n) is 42.3. The Morgan fingerprint density at radius 2 is 1.06 bits per heavy atom. The Morgan fingerprint density at radius 3 is 1.56 bits per heavy atom. The maximum absolute atomic E-state index is 17.6. The van der Waals surface area contributed by atoms with E-state index < -0.39 is 5.41 Å². The van der Waals surface area contributed by atoms with Gasteiger partial charge >= 0.3 is 0 Å². The van der Waals surface area contributed by atoms with Crippen molar-refractivity contribution in [3.63, 3.8) is 0 Å². The van der Waals surface area contributed by atoms with E-state index in [1.54, 1.807) is 0 Å². The van der Waals surface area contributed by atoms with Gasteiger partial charge in [-0.3, -0.25) is 14.5 Å². The molecule has 0 unspecified atom stereocenters. The predicted octanol–water partition coefficient (Wildman–Crippen LogP) is 11.5. The molecule has 8 aliphatic rings. The van der Waals surface area contributed by atoms with Crippen LogP contribution in [0.1, 0.15) is 100 Å². The highest BCUT2D eigenvalue weighted by Gasteiger charge is 2.74. The number of amides is 2. The maximum Gasteiger partial charge on any atom is 0.239 e. The third-order valence-electron chi connectivity index (χ3n) is 19.0. The van der Waals surface area contributed by atoms with Gasteiger partial charge in [0.05, 0.1) is 27.8 Å². The molecule has 374 valence electrons. The summed E-state index contributed by atoms with van der Waals surface area (Å²) in [5.74, 6) is 4.90. The first-order valence-corrected chi connectivity index (χ1v) is 27.6. The Bertz CT molecular complexity index is 2840. The van der Waals surface area contributed by atoms with E-state index in [1.807, 2.05) is 0 Å². The van der Waals surface area contributed by atoms with E-state index >= 15 is 4.79 Å². The number of hydrogen-bond acceptors (Lipinski definition) is 8. The number of primary amides is 1. The summed E-state index contributed by atoms with van der Waals surface area (Å²) in [6.07, 6.45) is 14.8. The number of aryl methyl sites for hydroxylation is 1. The third kappa shape index (κ3) is 8.74. The monoisotopic (exact) mass is 963 g/mol. The van der Waals surface area contributed by atoms with Gasteiger partial charge in [-0.05, 0) is 208 Å². The highest BCUT2D eigenvalue weighted by molar-refractivity contribution is 6.15. The van der Waals surface area contributed by atoms with Gasteiger partial charge in [0.25, 0.3) is 0 Å². The minimum Gasteiger partial charge on any atom is -0.370 e. The van der Waals surface area contributed by atoms with E-state index in [2.05, 4.69) is 148 Å². The number of nitrogens with two attached hydrogens (primary N) is 1. The molecule has 2 aromatic heterocycles. The first kappa shape index (κ1) is 47.2. The minimum atomic E-state index is -0.967. The summed E-state index contributed by atoms with van der Waals surface area (Å²) in [6.45, 7) is 6.90. The summed E-state index contributed by atoms with van der Waals surface area (Å²) in [5.41, 5.74) is 12.3. The van der Waals surface area contributed by atoms with Crippen molar-refractivity contribution in [1.82, 2.24) is 20.6 Å². The van der Waals surface area contributed by atoms with E-state index in [0.717, 1.165) is 122 Å². The normalized spacial score (nSPS) is 27.5. The molecule has 72 heavy (non-hydrogen) atoms. The summed E-state index contributed by atoms with van der Waals surface area (Å²) >= 11 is 0. The van der Waals surface area contributed by atoms with Gasteiger partial charge in [-0.1, -0.05) is 66.7 Å². The van der Waals surface area contributed by atoms with Crippen LogP contribution in [0, 0.1) is 58.7 Å². The predicted molar refractivity (Wildman–Crippen MR) is 291 cm³/mol. The fourth-order valence-corrected chi connectivity index (χ4v) is 17.0. The van der Waals surface area contributed by atoms with Gasteiger partial charge in [0.2, 0.25) is 11.8 Å². The van der Waals surface area contributed by atoms with Crippen LogP contribution in [0.5, 0.6) is 0 Å². The van der Waals surface area contributed by atoms with Crippen molar-refractivity contribution in [2.45, 2.75) is 103 Å². The molecule has 6 aromatic rings. The first-order valence-electron chi connectivity index (χ1n) is 27.6.